The molecule has 0 amide bonds. The predicted octanol–water partition coefficient (Wildman–Crippen LogP) is 2.46. The smallest absolute Gasteiger partial charge is 0.246 e. The molecule has 2 heterocycles. The Morgan fingerprint density at radius 1 is 1.26 bits per heavy atom. The number of hydrogen-bond donors (Lipinski definition) is 0. The van der Waals surface area contributed by atoms with Crippen molar-refractivity contribution in [1.29, 1.82) is 0 Å². The molecule has 6 nitrogen and oxygen atoms in total. The minimum absolute atomic E-state index is 0.172. The molecule has 2 aromatic heterocycles. The van der Waals surface area contributed by atoms with E-state index in [9.17, 15) is 8.42 Å². The second kappa shape index (κ2) is 6.23. The summed E-state index contributed by atoms with van der Waals surface area (Å²) in [4.78, 5) is 5.26. The van der Waals surface area contributed by atoms with Crippen LogP contribution >= 0.6 is 11.3 Å². The molecular weight excluding hydrogens is 332 g/mol. The van der Waals surface area contributed by atoms with E-state index in [4.69, 9.17) is 0 Å². The van der Waals surface area contributed by atoms with Crippen molar-refractivity contribution < 1.29 is 8.42 Å². The molecule has 0 fully saturated rings. The number of hydrogen-bond acceptors (Lipinski definition) is 5. The minimum Gasteiger partial charge on any atom is -0.250 e. The van der Waals surface area contributed by atoms with Crippen LogP contribution < -0.4 is 0 Å². The zero-order valence-corrected chi connectivity index (χ0v) is 14.4. The number of benzene rings is 1. The lowest BCUT2D eigenvalue weighted by molar-refractivity contribution is 0.468. The zero-order chi connectivity index (χ0) is 16.4. The van der Waals surface area contributed by atoms with E-state index >= 15 is 0 Å². The van der Waals surface area contributed by atoms with Crippen molar-refractivity contribution in [3.8, 4) is 5.69 Å². The first-order chi connectivity index (χ1) is 11.0. The van der Waals surface area contributed by atoms with Gasteiger partial charge < -0.3 is 0 Å². The first-order valence-corrected chi connectivity index (χ1v) is 9.26. The highest BCUT2D eigenvalue weighted by atomic mass is 32.2. The summed E-state index contributed by atoms with van der Waals surface area (Å²) in [5.41, 5.74) is 3.39. The molecule has 23 heavy (non-hydrogen) atoms. The number of rotatable bonds is 5. The lowest BCUT2D eigenvalue weighted by Crippen LogP contribution is -2.26. The van der Waals surface area contributed by atoms with E-state index in [1.54, 1.807) is 17.2 Å². The zero-order valence-electron chi connectivity index (χ0n) is 12.7. The number of thiazole rings is 1. The van der Waals surface area contributed by atoms with Crippen LogP contribution in [0, 0.1) is 6.92 Å². The summed E-state index contributed by atoms with van der Waals surface area (Å²) in [5.74, 6) is 0. The second-order valence-corrected chi connectivity index (χ2v) is 8.06. The fourth-order valence-electron chi connectivity index (χ4n) is 2.11. The molecule has 0 unspecified atom stereocenters. The quantitative estimate of drug-likeness (QED) is 0.710. The maximum atomic E-state index is 12.7. The van der Waals surface area contributed by atoms with E-state index in [1.165, 1.54) is 28.0 Å². The molecule has 0 aliphatic rings. The van der Waals surface area contributed by atoms with Crippen molar-refractivity contribution in [2.75, 3.05) is 7.05 Å². The van der Waals surface area contributed by atoms with Crippen LogP contribution in [0.1, 0.15) is 10.6 Å². The Labute approximate surface area is 139 Å². The van der Waals surface area contributed by atoms with Crippen LogP contribution in [0.25, 0.3) is 5.69 Å². The molecule has 120 valence electrons. The van der Waals surface area contributed by atoms with Crippen LogP contribution in [-0.4, -0.2) is 34.5 Å². The molecule has 3 aromatic rings. The van der Waals surface area contributed by atoms with Gasteiger partial charge in [-0.15, -0.1) is 11.3 Å². The Morgan fingerprint density at radius 2 is 2.00 bits per heavy atom. The largest absolute Gasteiger partial charge is 0.250 e. The van der Waals surface area contributed by atoms with E-state index in [-0.39, 0.29) is 4.90 Å². The van der Waals surface area contributed by atoms with Gasteiger partial charge in [0.05, 0.1) is 29.3 Å². The highest BCUT2D eigenvalue weighted by Gasteiger charge is 2.24. The Kier molecular flexibility index (Phi) is 4.29. The molecule has 0 aliphatic heterocycles. The van der Waals surface area contributed by atoms with Crippen molar-refractivity contribution in [2.45, 2.75) is 18.4 Å². The summed E-state index contributed by atoms with van der Waals surface area (Å²) in [6.45, 7) is 2.18. The average molecular weight is 348 g/mol. The number of aryl methyl sites for hydroxylation is 1. The number of nitrogens with zero attached hydrogens (tertiary/aromatic N) is 4. The summed E-state index contributed by atoms with van der Waals surface area (Å²) in [6, 6.07) is 9.39. The maximum absolute atomic E-state index is 12.7. The highest BCUT2D eigenvalue weighted by molar-refractivity contribution is 7.89. The van der Waals surface area contributed by atoms with Gasteiger partial charge in [-0.3, -0.25) is 0 Å². The highest BCUT2D eigenvalue weighted by Crippen LogP contribution is 2.20. The van der Waals surface area contributed by atoms with Gasteiger partial charge in [-0.05, 0) is 19.1 Å². The molecule has 1 aromatic carbocycles. The summed E-state index contributed by atoms with van der Waals surface area (Å²) in [6.07, 6.45) is 2.90. The number of aromatic nitrogens is 3. The van der Waals surface area contributed by atoms with Crippen molar-refractivity contribution in [3.05, 3.63) is 58.8 Å². The van der Waals surface area contributed by atoms with Gasteiger partial charge in [0.15, 0.2) is 0 Å². The normalized spacial score (nSPS) is 12.0. The molecule has 0 aliphatic carbocycles. The molecule has 8 heteroatoms. The number of sulfonamides is 1. The Bertz CT molecular complexity index is 900. The van der Waals surface area contributed by atoms with Crippen molar-refractivity contribution in [3.63, 3.8) is 0 Å². The molecule has 0 saturated heterocycles. The Hall–Kier alpha value is -2.03. The maximum Gasteiger partial charge on any atom is 0.246 e. The Balaban J connectivity index is 1.85. The molecule has 0 bridgehead atoms. The van der Waals surface area contributed by atoms with Crippen LogP contribution in [0.3, 0.4) is 0 Å². The fourth-order valence-corrected chi connectivity index (χ4v) is 4.09. The van der Waals surface area contributed by atoms with Gasteiger partial charge in [-0.2, -0.15) is 9.40 Å². The molecule has 0 saturated carbocycles. The third-order valence-corrected chi connectivity index (χ3v) is 6.18. The van der Waals surface area contributed by atoms with Crippen LogP contribution in [0.4, 0.5) is 0 Å². The van der Waals surface area contributed by atoms with Gasteiger partial charge in [-0.1, -0.05) is 18.2 Å². The third-order valence-electron chi connectivity index (χ3n) is 3.50. The molecule has 3 rings (SSSR count). The average Bonchev–Trinajstić information content (AvgIpc) is 3.18. The summed E-state index contributed by atoms with van der Waals surface area (Å²) in [5, 5.41) is 4.15. The summed E-state index contributed by atoms with van der Waals surface area (Å²) in [7, 11) is -2.03. The summed E-state index contributed by atoms with van der Waals surface area (Å²) >= 11 is 1.45. The van der Waals surface area contributed by atoms with Crippen molar-refractivity contribution in [1.82, 2.24) is 19.1 Å². The van der Waals surface area contributed by atoms with E-state index in [0.29, 0.717) is 6.54 Å². The van der Waals surface area contributed by atoms with E-state index in [0.717, 1.165) is 16.3 Å². The van der Waals surface area contributed by atoms with Crippen molar-refractivity contribution in [2.24, 2.45) is 0 Å². The van der Waals surface area contributed by atoms with E-state index in [2.05, 4.69) is 10.1 Å². The Morgan fingerprint density at radius 3 is 2.65 bits per heavy atom. The van der Waals surface area contributed by atoms with Gasteiger partial charge in [0, 0.05) is 18.5 Å². The standard InChI is InChI=1S/C15H16N4O2S2/c1-12-15(22-11-16-12)10-18(2)23(20,21)14-8-17-19(9-14)13-6-4-3-5-7-13/h3-9,11H,10H2,1-2H3. The molecule has 0 radical (unpaired) electrons. The SMILES string of the molecule is Cc1ncsc1CN(C)S(=O)(=O)c1cnn(-c2ccccc2)c1. The van der Waals surface area contributed by atoms with Gasteiger partial charge in [0.2, 0.25) is 10.0 Å². The van der Waals surface area contributed by atoms with Crippen LogP contribution in [-0.2, 0) is 16.6 Å². The van der Waals surface area contributed by atoms with E-state index in [1.807, 2.05) is 37.3 Å². The predicted molar refractivity (Wildman–Crippen MR) is 89.1 cm³/mol. The topological polar surface area (TPSA) is 68.1 Å². The van der Waals surface area contributed by atoms with Gasteiger partial charge >= 0.3 is 0 Å². The molecule has 0 N–H and O–H groups in total. The second-order valence-electron chi connectivity index (χ2n) is 5.08. The van der Waals surface area contributed by atoms with Crippen LogP contribution in [0.15, 0.2) is 53.1 Å². The first kappa shape index (κ1) is 15.9. The van der Waals surface area contributed by atoms with Gasteiger partial charge in [0.25, 0.3) is 0 Å². The van der Waals surface area contributed by atoms with Crippen LogP contribution in [0.5, 0.6) is 0 Å². The first-order valence-electron chi connectivity index (χ1n) is 6.94. The van der Waals surface area contributed by atoms with Gasteiger partial charge in [-0.25, -0.2) is 18.1 Å². The minimum atomic E-state index is -3.59. The monoisotopic (exact) mass is 348 g/mol. The van der Waals surface area contributed by atoms with Crippen LogP contribution in [0.2, 0.25) is 0 Å². The number of para-hydroxylation sites is 1. The lowest BCUT2D eigenvalue weighted by atomic mass is 10.3. The third kappa shape index (κ3) is 3.19. The van der Waals surface area contributed by atoms with Crippen molar-refractivity contribution >= 4 is 21.4 Å². The molecule has 0 spiro atoms. The van der Waals surface area contributed by atoms with E-state index < -0.39 is 10.0 Å². The molecular formula is C15H16N4O2S2. The van der Waals surface area contributed by atoms with Gasteiger partial charge in [0.1, 0.15) is 4.90 Å². The summed E-state index contributed by atoms with van der Waals surface area (Å²) < 4.78 is 28.2. The lowest BCUT2D eigenvalue weighted by Gasteiger charge is -2.15. The molecule has 0 atom stereocenters. The fraction of sp³-hybridized carbons (Fsp3) is 0.200.